The molecule has 0 fully saturated rings. The molecule has 3 heteroatoms. The van der Waals surface area contributed by atoms with Crippen molar-refractivity contribution in [3.8, 4) is 11.5 Å². The van der Waals surface area contributed by atoms with Gasteiger partial charge in [-0.15, -0.1) is 0 Å². The van der Waals surface area contributed by atoms with Crippen LogP contribution in [0.15, 0.2) is 42.5 Å². The van der Waals surface area contributed by atoms with E-state index in [1.807, 2.05) is 31.3 Å². The molecule has 1 atom stereocenters. The third-order valence-corrected chi connectivity index (χ3v) is 3.54. The fourth-order valence-corrected chi connectivity index (χ4v) is 2.65. The highest BCUT2D eigenvalue weighted by Crippen LogP contribution is 2.40. The van der Waals surface area contributed by atoms with Gasteiger partial charge in [0, 0.05) is 12.5 Å². The van der Waals surface area contributed by atoms with E-state index < -0.39 is 0 Å². The second-order valence-electron chi connectivity index (χ2n) is 4.83. The average molecular weight is 257 g/mol. The summed E-state index contributed by atoms with van der Waals surface area (Å²) < 4.78 is 19.7. The molecule has 0 aliphatic carbocycles. The van der Waals surface area contributed by atoms with Crippen LogP contribution in [0, 0.1) is 5.82 Å². The first kappa shape index (κ1) is 12.2. The summed E-state index contributed by atoms with van der Waals surface area (Å²) in [5, 5.41) is 3.20. The first-order chi connectivity index (χ1) is 9.29. The van der Waals surface area contributed by atoms with Gasteiger partial charge in [-0.1, -0.05) is 30.3 Å². The highest BCUT2D eigenvalue weighted by atomic mass is 19.1. The van der Waals surface area contributed by atoms with Gasteiger partial charge in [0.2, 0.25) is 0 Å². The van der Waals surface area contributed by atoms with Crippen LogP contribution in [0.25, 0.3) is 0 Å². The Morgan fingerprint density at radius 1 is 1.21 bits per heavy atom. The zero-order valence-corrected chi connectivity index (χ0v) is 10.8. The van der Waals surface area contributed by atoms with Gasteiger partial charge in [-0.05, 0) is 36.7 Å². The van der Waals surface area contributed by atoms with Gasteiger partial charge in [0.1, 0.15) is 5.75 Å². The Kier molecular flexibility index (Phi) is 3.22. The summed E-state index contributed by atoms with van der Waals surface area (Å²) in [5.41, 5.74) is 2.06. The zero-order chi connectivity index (χ0) is 13.2. The quantitative estimate of drug-likeness (QED) is 0.889. The molecule has 0 saturated carbocycles. The summed E-state index contributed by atoms with van der Waals surface area (Å²) in [6.07, 6.45) is 0.783. The number of para-hydroxylation sites is 2. The molecule has 19 heavy (non-hydrogen) atoms. The number of halogens is 1. The maximum Gasteiger partial charge on any atom is 0.166 e. The van der Waals surface area contributed by atoms with Crippen molar-refractivity contribution < 1.29 is 9.13 Å². The first-order valence-corrected chi connectivity index (χ1v) is 6.48. The van der Waals surface area contributed by atoms with Crippen molar-refractivity contribution in [1.82, 2.24) is 5.32 Å². The lowest BCUT2D eigenvalue weighted by Gasteiger charge is -2.15. The molecule has 3 rings (SSSR count). The van der Waals surface area contributed by atoms with E-state index in [4.69, 9.17) is 4.74 Å². The Morgan fingerprint density at radius 3 is 2.89 bits per heavy atom. The highest BCUT2D eigenvalue weighted by Gasteiger charge is 2.24. The molecule has 1 N–H and O–H groups in total. The van der Waals surface area contributed by atoms with E-state index in [1.165, 1.54) is 6.07 Å². The average Bonchev–Trinajstić information content (AvgIpc) is 2.58. The molecule has 98 valence electrons. The predicted octanol–water partition coefficient (Wildman–Crippen LogP) is 3.48. The first-order valence-electron chi connectivity index (χ1n) is 6.48. The Bertz CT molecular complexity index is 597. The van der Waals surface area contributed by atoms with Crippen LogP contribution < -0.4 is 10.1 Å². The molecule has 1 aliphatic heterocycles. The normalized spacial score (nSPS) is 17.1. The second-order valence-corrected chi connectivity index (χ2v) is 4.83. The minimum atomic E-state index is -0.294. The zero-order valence-electron chi connectivity index (χ0n) is 10.8. The van der Waals surface area contributed by atoms with Gasteiger partial charge in [-0.25, -0.2) is 4.39 Å². The fourth-order valence-electron chi connectivity index (χ4n) is 2.65. The molecule has 2 aromatic rings. The molecule has 0 aromatic heterocycles. The SMILES string of the molecule is CNC[C@@H]1Cc2cccc(F)c2Oc2ccccc21. The number of ether oxygens (including phenoxy) is 1. The minimum Gasteiger partial charge on any atom is -0.454 e. The molecule has 1 heterocycles. The van der Waals surface area contributed by atoms with Gasteiger partial charge in [0.05, 0.1) is 0 Å². The summed E-state index contributed by atoms with van der Waals surface area (Å²) in [6, 6.07) is 13.0. The van der Waals surface area contributed by atoms with E-state index >= 15 is 0 Å². The smallest absolute Gasteiger partial charge is 0.166 e. The molecule has 0 radical (unpaired) electrons. The molecule has 0 amide bonds. The molecule has 0 bridgehead atoms. The molecule has 1 aliphatic rings. The summed E-state index contributed by atoms with van der Waals surface area (Å²) in [5.74, 6) is 1.13. The van der Waals surface area contributed by atoms with Crippen molar-refractivity contribution in [1.29, 1.82) is 0 Å². The van der Waals surface area contributed by atoms with Crippen LogP contribution in [0.1, 0.15) is 17.0 Å². The van der Waals surface area contributed by atoms with Gasteiger partial charge in [-0.3, -0.25) is 0 Å². The second kappa shape index (κ2) is 5.02. The van der Waals surface area contributed by atoms with E-state index in [9.17, 15) is 4.39 Å². The van der Waals surface area contributed by atoms with Crippen molar-refractivity contribution in [2.24, 2.45) is 0 Å². The number of likely N-dealkylation sites (N-methyl/N-ethyl adjacent to an activating group) is 1. The maximum atomic E-state index is 13.9. The van der Waals surface area contributed by atoms with Crippen molar-refractivity contribution >= 4 is 0 Å². The monoisotopic (exact) mass is 257 g/mol. The Hall–Kier alpha value is -1.87. The topological polar surface area (TPSA) is 21.3 Å². The standard InChI is InChI=1S/C16H16FNO/c1-18-10-12-9-11-5-4-7-14(17)16(11)19-15-8-3-2-6-13(12)15/h2-8,12,18H,9-10H2,1H3/t12-/m0/s1. The third kappa shape index (κ3) is 2.22. The fraction of sp³-hybridized carbons (Fsp3) is 0.250. The van der Waals surface area contributed by atoms with Gasteiger partial charge >= 0.3 is 0 Å². The van der Waals surface area contributed by atoms with Gasteiger partial charge in [0.25, 0.3) is 0 Å². The Balaban J connectivity index is 2.12. The summed E-state index contributed by atoms with van der Waals surface area (Å²) in [6.45, 7) is 0.844. The molecular weight excluding hydrogens is 241 g/mol. The summed E-state index contributed by atoms with van der Waals surface area (Å²) in [7, 11) is 1.93. The van der Waals surface area contributed by atoms with Crippen LogP contribution in [0.4, 0.5) is 4.39 Å². The van der Waals surface area contributed by atoms with Crippen LogP contribution >= 0.6 is 0 Å². The molecule has 2 aromatic carbocycles. The third-order valence-electron chi connectivity index (χ3n) is 3.54. The number of hydrogen-bond donors (Lipinski definition) is 1. The molecule has 0 spiro atoms. The van der Waals surface area contributed by atoms with Gasteiger partial charge < -0.3 is 10.1 Å². The van der Waals surface area contributed by atoms with Crippen molar-refractivity contribution in [3.05, 3.63) is 59.4 Å². The lowest BCUT2D eigenvalue weighted by molar-refractivity contribution is 0.438. The number of rotatable bonds is 2. The van der Waals surface area contributed by atoms with Crippen LogP contribution in [-0.4, -0.2) is 13.6 Å². The molecular formula is C16H16FNO. The lowest BCUT2D eigenvalue weighted by atomic mass is 9.92. The van der Waals surface area contributed by atoms with Gasteiger partial charge in [-0.2, -0.15) is 0 Å². The minimum absolute atomic E-state index is 0.294. The largest absolute Gasteiger partial charge is 0.454 e. The summed E-state index contributed by atoms with van der Waals surface area (Å²) >= 11 is 0. The number of nitrogens with one attached hydrogen (secondary N) is 1. The van der Waals surface area contributed by atoms with Crippen LogP contribution in [0.5, 0.6) is 11.5 Å². The van der Waals surface area contributed by atoms with E-state index in [1.54, 1.807) is 6.07 Å². The van der Waals surface area contributed by atoms with E-state index in [0.717, 1.165) is 29.8 Å². The number of fused-ring (bicyclic) bond motifs is 2. The molecule has 2 nitrogen and oxygen atoms in total. The predicted molar refractivity (Wildman–Crippen MR) is 73.3 cm³/mol. The summed E-state index contributed by atoms with van der Waals surface area (Å²) in [4.78, 5) is 0. The van der Waals surface area contributed by atoms with E-state index in [0.29, 0.717) is 11.7 Å². The number of benzene rings is 2. The van der Waals surface area contributed by atoms with Crippen LogP contribution in [-0.2, 0) is 6.42 Å². The Labute approximate surface area is 112 Å². The van der Waals surface area contributed by atoms with E-state index in [2.05, 4.69) is 11.4 Å². The van der Waals surface area contributed by atoms with Crippen molar-refractivity contribution in [3.63, 3.8) is 0 Å². The Morgan fingerprint density at radius 2 is 2.05 bits per heavy atom. The van der Waals surface area contributed by atoms with Crippen molar-refractivity contribution in [2.75, 3.05) is 13.6 Å². The van der Waals surface area contributed by atoms with Crippen molar-refractivity contribution in [2.45, 2.75) is 12.3 Å². The van der Waals surface area contributed by atoms with Gasteiger partial charge in [0.15, 0.2) is 11.6 Å². The maximum absolute atomic E-state index is 13.9. The van der Waals surface area contributed by atoms with Crippen LogP contribution in [0.2, 0.25) is 0 Å². The highest BCUT2D eigenvalue weighted by molar-refractivity contribution is 5.47. The lowest BCUT2D eigenvalue weighted by Crippen LogP contribution is -2.18. The van der Waals surface area contributed by atoms with E-state index in [-0.39, 0.29) is 5.82 Å². The number of hydrogen-bond acceptors (Lipinski definition) is 2. The molecule has 0 saturated heterocycles. The van der Waals surface area contributed by atoms with Crippen LogP contribution in [0.3, 0.4) is 0 Å². The molecule has 0 unspecified atom stereocenters.